The van der Waals surface area contributed by atoms with Crippen LogP contribution in [0.15, 0.2) is 34.1 Å². The predicted molar refractivity (Wildman–Crippen MR) is 74.1 cm³/mol. The molecule has 1 atom stereocenters. The molecule has 0 saturated heterocycles. The van der Waals surface area contributed by atoms with Gasteiger partial charge in [0, 0.05) is 20.4 Å². The van der Waals surface area contributed by atoms with Crippen LogP contribution < -0.4 is 5.73 Å². The van der Waals surface area contributed by atoms with Gasteiger partial charge in [0.15, 0.2) is 0 Å². The standard InChI is InChI=1S/C12H10BrClFNS/c13-9-3-4-17-12(9)11(16)5-7-1-2-8(14)6-10(7)15/h1-4,6,11H,5,16H2. The van der Waals surface area contributed by atoms with Gasteiger partial charge in [0.25, 0.3) is 0 Å². The summed E-state index contributed by atoms with van der Waals surface area (Å²) >= 11 is 10.7. The normalized spacial score (nSPS) is 12.7. The van der Waals surface area contributed by atoms with E-state index in [9.17, 15) is 4.39 Å². The van der Waals surface area contributed by atoms with Gasteiger partial charge >= 0.3 is 0 Å². The van der Waals surface area contributed by atoms with Crippen molar-refractivity contribution in [2.45, 2.75) is 12.5 Å². The summed E-state index contributed by atoms with van der Waals surface area (Å²) in [6.07, 6.45) is 0.460. The van der Waals surface area contributed by atoms with Crippen LogP contribution in [-0.4, -0.2) is 0 Å². The molecule has 0 fully saturated rings. The van der Waals surface area contributed by atoms with Crippen molar-refractivity contribution < 1.29 is 4.39 Å². The van der Waals surface area contributed by atoms with Crippen LogP contribution in [0.2, 0.25) is 5.02 Å². The monoisotopic (exact) mass is 333 g/mol. The average molecular weight is 335 g/mol. The van der Waals surface area contributed by atoms with Crippen molar-refractivity contribution in [3.8, 4) is 0 Å². The van der Waals surface area contributed by atoms with Crippen molar-refractivity contribution >= 4 is 38.9 Å². The minimum Gasteiger partial charge on any atom is -0.323 e. The highest BCUT2D eigenvalue weighted by atomic mass is 79.9. The van der Waals surface area contributed by atoms with Crippen molar-refractivity contribution in [2.75, 3.05) is 0 Å². The summed E-state index contributed by atoms with van der Waals surface area (Å²) in [5.74, 6) is -0.305. The zero-order valence-corrected chi connectivity index (χ0v) is 11.9. The Morgan fingerprint density at radius 2 is 2.18 bits per heavy atom. The largest absolute Gasteiger partial charge is 0.323 e. The van der Waals surface area contributed by atoms with Gasteiger partial charge in [0.05, 0.1) is 0 Å². The first-order valence-corrected chi connectivity index (χ1v) is 7.05. The molecule has 0 aliphatic heterocycles. The van der Waals surface area contributed by atoms with Gasteiger partial charge in [-0.05, 0) is 51.5 Å². The molecule has 17 heavy (non-hydrogen) atoms. The van der Waals surface area contributed by atoms with Crippen LogP contribution >= 0.6 is 38.9 Å². The summed E-state index contributed by atoms with van der Waals surface area (Å²) in [5, 5.41) is 2.36. The molecule has 0 amide bonds. The highest BCUT2D eigenvalue weighted by Gasteiger charge is 2.14. The van der Waals surface area contributed by atoms with Crippen LogP contribution in [0.5, 0.6) is 0 Å². The summed E-state index contributed by atoms with van der Waals surface area (Å²) < 4.78 is 14.6. The predicted octanol–water partition coefficient (Wildman–Crippen LogP) is 4.55. The van der Waals surface area contributed by atoms with Crippen LogP contribution in [0.1, 0.15) is 16.5 Å². The van der Waals surface area contributed by atoms with E-state index in [2.05, 4.69) is 15.9 Å². The van der Waals surface area contributed by atoms with Gasteiger partial charge in [-0.1, -0.05) is 17.7 Å². The van der Waals surface area contributed by atoms with Gasteiger partial charge in [-0.3, -0.25) is 0 Å². The molecule has 0 aliphatic carbocycles. The SMILES string of the molecule is NC(Cc1ccc(Cl)cc1F)c1sccc1Br. The van der Waals surface area contributed by atoms with Crippen LogP contribution in [-0.2, 0) is 6.42 Å². The van der Waals surface area contributed by atoms with Gasteiger partial charge in [-0.2, -0.15) is 0 Å². The third kappa shape index (κ3) is 3.07. The van der Waals surface area contributed by atoms with Crippen molar-refractivity contribution in [1.82, 2.24) is 0 Å². The molecular formula is C12H10BrClFNS. The first kappa shape index (κ1) is 13.0. The molecule has 1 nitrogen and oxygen atoms in total. The lowest BCUT2D eigenvalue weighted by Crippen LogP contribution is -2.13. The molecule has 1 aromatic heterocycles. The summed E-state index contributed by atoms with van der Waals surface area (Å²) in [7, 11) is 0. The fourth-order valence-electron chi connectivity index (χ4n) is 1.59. The number of benzene rings is 1. The van der Waals surface area contributed by atoms with Crippen molar-refractivity contribution in [1.29, 1.82) is 0 Å². The molecule has 0 spiro atoms. The van der Waals surface area contributed by atoms with E-state index in [0.29, 0.717) is 17.0 Å². The Hall–Kier alpha value is -0.420. The highest BCUT2D eigenvalue weighted by Crippen LogP contribution is 2.30. The minimum absolute atomic E-state index is 0.208. The molecule has 2 rings (SSSR count). The minimum atomic E-state index is -0.305. The first-order valence-electron chi connectivity index (χ1n) is 5.00. The van der Waals surface area contributed by atoms with Crippen molar-refractivity contribution in [3.05, 3.63) is 55.4 Å². The van der Waals surface area contributed by atoms with Crippen LogP contribution in [0.3, 0.4) is 0 Å². The maximum Gasteiger partial charge on any atom is 0.127 e. The van der Waals surface area contributed by atoms with Gasteiger partial charge < -0.3 is 5.73 Å². The Kier molecular flexibility index (Phi) is 4.20. The third-order valence-electron chi connectivity index (χ3n) is 2.44. The summed E-state index contributed by atoms with van der Waals surface area (Å²) in [6.45, 7) is 0. The molecule has 2 N–H and O–H groups in total. The molecule has 0 aliphatic rings. The molecule has 5 heteroatoms. The Balaban J connectivity index is 2.19. The molecule has 90 valence electrons. The second-order valence-corrected chi connectivity index (χ2v) is 5.92. The van der Waals surface area contributed by atoms with E-state index in [4.69, 9.17) is 17.3 Å². The molecule has 1 unspecified atom stereocenters. The Bertz CT molecular complexity index is 529. The maximum absolute atomic E-state index is 13.6. The number of hydrogen-bond donors (Lipinski definition) is 1. The number of nitrogens with two attached hydrogens (primary N) is 1. The summed E-state index contributed by atoms with van der Waals surface area (Å²) in [6, 6.07) is 6.40. The lowest BCUT2D eigenvalue weighted by atomic mass is 10.1. The Morgan fingerprint density at radius 1 is 1.41 bits per heavy atom. The quantitative estimate of drug-likeness (QED) is 0.876. The van der Waals surface area contributed by atoms with Crippen LogP contribution in [0.4, 0.5) is 4.39 Å². The molecule has 0 bridgehead atoms. The summed E-state index contributed by atoms with van der Waals surface area (Å²) in [4.78, 5) is 1.03. The lowest BCUT2D eigenvalue weighted by Gasteiger charge is -2.11. The second-order valence-electron chi connectivity index (χ2n) is 3.68. The van der Waals surface area contributed by atoms with Crippen molar-refractivity contribution in [2.24, 2.45) is 5.73 Å². The molecule has 0 saturated carbocycles. The van der Waals surface area contributed by atoms with Gasteiger partial charge in [0.1, 0.15) is 5.82 Å². The van der Waals surface area contributed by atoms with E-state index in [1.165, 1.54) is 6.07 Å². The number of hydrogen-bond acceptors (Lipinski definition) is 2. The first-order chi connectivity index (χ1) is 8.08. The van der Waals surface area contributed by atoms with E-state index in [0.717, 1.165) is 9.35 Å². The third-order valence-corrected chi connectivity index (χ3v) is 4.67. The van der Waals surface area contributed by atoms with Crippen LogP contribution in [0, 0.1) is 5.82 Å². The smallest absolute Gasteiger partial charge is 0.127 e. The van der Waals surface area contributed by atoms with Gasteiger partial charge in [0.2, 0.25) is 0 Å². The topological polar surface area (TPSA) is 26.0 Å². The highest BCUT2D eigenvalue weighted by molar-refractivity contribution is 9.10. The molecule has 0 radical (unpaired) electrons. The summed E-state index contributed by atoms with van der Waals surface area (Å²) in [5.41, 5.74) is 6.65. The zero-order valence-electron chi connectivity index (χ0n) is 8.79. The van der Waals surface area contributed by atoms with Crippen molar-refractivity contribution in [3.63, 3.8) is 0 Å². The number of halogens is 3. The number of rotatable bonds is 3. The van der Waals surface area contributed by atoms with E-state index < -0.39 is 0 Å². The van der Waals surface area contributed by atoms with Crippen LogP contribution in [0.25, 0.3) is 0 Å². The molecular weight excluding hydrogens is 325 g/mol. The van der Waals surface area contributed by atoms with E-state index in [1.54, 1.807) is 23.5 Å². The Labute approximate surface area is 117 Å². The van der Waals surface area contributed by atoms with E-state index in [1.807, 2.05) is 11.4 Å². The average Bonchev–Trinajstić information content (AvgIpc) is 2.68. The fraction of sp³-hybridized carbons (Fsp3) is 0.167. The maximum atomic E-state index is 13.6. The fourth-order valence-corrected chi connectivity index (χ4v) is 3.42. The molecule has 2 aromatic rings. The molecule has 1 aromatic carbocycles. The van der Waals surface area contributed by atoms with E-state index in [-0.39, 0.29) is 11.9 Å². The zero-order chi connectivity index (χ0) is 12.4. The Morgan fingerprint density at radius 3 is 2.76 bits per heavy atom. The lowest BCUT2D eigenvalue weighted by molar-refractivity contribution is 0.595. The second kappa shape index (κ2) is 5.48. The van der Waals surface area contributed by atoms with Gasteiger partial charge in [-0.25, -0.2) is 4.39 Å². The number of thiophene rings is 1. The molecule has 1 heterocycles. The van der Waals surface area contributed by atoms with Gasteiger partial charge in [-0.15, -0.1) is 11.3 Å². The van der Waals surface area contributed by atoms with E-state index >= 15 is 0 Å².